The highest BCUT2D eigenvalue weighted by Gasteiger charge is 2.30. The third-order valence-electron chi connectivity index (χ3n) is 6.08. The molecule has 1 aliphatic heterocycles. The standard InChI is InChI=1S/C22H38N6OS/c1-3-23-22(25-10-4-5-12-27-13-11-24-18(27)2)26-20-8-6-19(7-9-20)21(29)28-14-16-30-17-15-28/h11,13,19-20H,3-10,12,14-17H2,1-2H3,(H2,23,25,26). The van der Waals surface area contributed by atoms with E-state index in [0.29, 0.717) is 11.9 Å². The molecular formula is C22H38N6OS. The van der Waals surface area contributed by atoms with Gasteiger partial charge in [-0.1, -0.05) is 0 Å². The lowest BCUT2D eigenvalue weighted by Crippen LogP contribution is -2.47. The highest BCUT2D eigenvalue weighted by molar-refractivity contribution is 7.99. The molecule has 0 spiro atoms. The van der Waals surface area contributed by atoms with Crippen molar-refractivity contribution in [3.05, 3.63) is 18.2 Å². The normalized spacial score (nSPS) is 22.7. The van der Waals surface area contributed by atoms with Gasteiger partial charge in [0.15, 0.2) is 5.96 Å². The lowest BCUT2D eigenvalue weighted by molar-refractivity contribution is -0.136. The molecule has 0 radical (unpaired) electrons. The quantitative estimate of drug-likeness (QED) is 0.374. The summed E-state index contributed by atoms with van der Waals surface area (Å²) in [5, 5.41) is 6.98. The van der Waals surface area contributed by atoms with Crippen LogP contribution in [0.2, 0.25) is 0 Å². The molecule has 0 bridgehead atoms. The summed E-state index contributed by atoms with van der Waals surface area (Å²) in [6.07, 6.45) is 10.1. The topological polar surface area (TPSA) is 74.5 Å². The van der Waals surface area contributed by atoms with Crippen molar-refractivity contribution < 1.29 is 4.79 Å². The van der Waals surface area contributed by atoms with Gasteiger partial charge in [-0.05, 0) is 52.4 Å². The van der Waals surface area contributed by atoms with E-state index in [4.69, 9.17) is 4.99 Å². The zero-order valence-electron chi connectivity index (χ0n) is 18.6. The lowest BCUT2D eigenvalue weighted by atomic mass is 9.85. The SMILES string of the molecule is CCNC(=NCCCCn1ccnc1C)NC1CCC(C(=O)N2CCSCC2)CC1. The van der Waals surface area contributed by atoms with Gasteiger partial charge in [-0.25, -0.2) is 4.98 Å². The molecule has 1 aliphatic carbocycles. The molecule has 0 atom stereocenters. The van der Waals surface area contributed by atoms with E-state index in [1.807, 2.05) is 31.1 Å². The van der Waals surface area contributed by atoms with Gasteiger partial charge in [0, 0.05) is 68.6 Å². The summed E-state index contributed by atoms with van der Waals surface area (Å²) in [5.41, 5.74) is 0. The number of carbonyl (C=O) groups is 1. The number of guanidine groups is 1. The summed E-state index contributed by atoms with van der Waals surface area (Å²) in [5.74, 6) is 4.78. The van der Waals surface area contributed by atoms with Crippen LogP contribution in [0.3, 0.4) is 0 Å². The Morgan fingerprint density at radius 3 is 2.67 bits per heavy atom. The maximum Gasteiger partial charge on any atom is 0.225 e. The van der Waals surface area contributed by atoms with E-state index in [2.05, 4.69) is 32.0 Å². The molecule has 30 heavy (non-hydrogen) atoms. The molecule has 3 rings (SSSR count). The first kappa shape index (κ1) is 23.0. The maximum atomic E-state index is 12.7. The number of nitrogens with one attached hydrogen (secondary N) is 2. The van der Waals surface area contributed by atoms with Gasteiger partial charge in [0.25, 0.3) is 0 Å². The van der Waals surface area contributed by atoms with Crippen LogP contribution in [0, 0.1) is 12.8 Å². The molecule has 2 heterocycles. The molecule has 1 saturated carbocycles. The minimum atomic E-state index is 0.220. The van der Waals surface area contributed by atoms with Gasteiger partial charge in [0.05, 0.1) is 0 Å². The Labute approximate surface area is 185 Å². The van der Waals surface area contributed by atoms with Gasteiger partial charge >= 0.3 is 0 Å². The number of unbranched alkanes of at least 4 members (excludes halogenated alkanes) is 1. The molecule has 1 aromatic rings. The summed E-state index contributed by atoms with van der Waals surface area (Å²) in [6, 6.07) is 0.414. The van der Waals surface area contributed by atoms with E-state index in [1.54, 1.807) is 0 Å². The molecule has 1 amide bonds. The zero-order valence-corrected chi connectivity index (χ0v) is 19.4. The molecule has 1 aromatic heterocycles. The summed E-state index contributed by atoms with van der Waals surface area (Å²) in [6.45, 7) is 8.69. The van der Waals surface area contributed by atoms with Gasteiger partial charge < -0.3 is 20.1 Å². The first-order chi connectivity index (χ1) is 14.7. The smallest absolute Gasteiger partial charge is 0.225 e. The van der Waals surface area contributed by atoms with Crippen LogP contribution in [-0.2, 0) is 11.3 Å². The van der Waals surface area contributed by atoms with Gasteiger partial charge in [0.2, 0.25) is 5.91 Å². The van der Waals surface area contributed by atoms with E-state index in [0.717, 1.165) is 94.5 Å². The summed E-state index contributed by atoms with van der Waals surface area (Å²) >= 11 is 1.96. The molecular weight excluding hydrogens is 396 g/mol. The number of nitrogens with zero attached hydrogens (tertiary/aromatic N) is 4. The first-order valence-electron chi connectivity index (χ1n) is 11.6. The summed E-state index contributed by atoms with van der Waals surface area (Å²) in [4.78, 5) is 23.9. The van der Waals surface area contributed by atoms with Crippen molar-refractivity contribution in [1.29, 1.82) is 0 Å². The summed E-state index contributed by atoms with van der Waals surface area (Å²) < 4.78 is 2.19. The Morgan fingerprint density at radius 1 is 1.23 bits per heavy atom. The van der Waals surface area contributed by atoms with Crippen molar-refractivity contribution in [3.63, 3.8) is 0 Å². The molecule has 2 fully saturated rings. The molecule has 2 N–H and O–H groups in total. The molecule has 1 saturated heterocycles. The number of aliphatic imine (C=N–C) groups is 1. The van der Waals surface area contributed by atoms with Gasteiger partial charge in [-0.3, -0.25) is 9.79 Å². The van der Waals surface area contributed by atoms with Gasteiger partial charge in [0.1, 0.15) is 5.82 Å². The van der Waals surface area contributed by atoms with E-state index in [-0.39, 0.29) is 5.92 Å². The predicted octanol–water partition coefficient (Wildman–Crippen LogP) is 2.66. The Hall–Kier alpha value is -1.70. The molecule has 2 aliphatic rings. The Morgan fingerprint density at radius 2 is 2.00 bits per heavy atom. The fraction of sp³-hybridized carbons (Fsp3) is 0.773. The Bertz CT molecular complexity index is 677. The van der Waals surface area contributed by atoms with Crippen molar-refractivity contribution in [2.45, 2.75) is 65.0 Å². The first-order valence-corrected chi connectivity index (χ1v) is 12.7. The van der Waals surface area contributed by atoms with Crippen LogP contribution in [0.25, 0.3) is 0 Å². The van der Waals surface area contributed by atoms with Crippen LogP contribution in [-0.4, -0.2) is 70.0 Å². The van der Waals surface area contributed by atoms with E-state index >= 15 is 0 Å². The van der Waals surface area contributed by atoms with Crippen LogP contribution in [0.1, 0.15) is 51.3 Å². The minimum Gasteiger partial charge on any atom is -0.357 e. The number of imidazole rings is 1. The van der Waals surface area contributed by atoms with Crippen LogP contribution < -0.4 is 10.6 Å². The van der Waals surface area contributed by atoms with Crippen LogP contribution >= 0.6 is 11.8 Å². The van der Waals surface area contributed by atoms with Gasteiger partial charge in [-0.15, -0.1) is 0 Å². The van der Waals surface area contributed by atoms with Crippen molar-refractivity contribution >= 4 is 23.6 Å². The van der Waals surface area contributed by atoms with Crippen molar-refractivity contribution in [1.82, 2.24) is 25.1 Å². The second kappa shape index (κ2) is 12.2. The highest BCUT2D eigenvalue weighted by Crippen LogP contribution is 2.27. The van der Waals surface area contributed by atoms with Crippen LogP contribution in [0.15, 0.2) is 17.4 Å². The Balaban J connectivity index is 1.37. The Kier molecular flexibility index (Phi) is 9.36. The second-order valence-electron chi connectivity index (χ2n) is 8.27. The number of aromatic nitrogens is 2. The van der Waals surface area contributed by atoms with E-state index in [1.165, 1.54) is 0 Å². The van der Waals surface area contributed by atoms with Crippen molar-refractivity contribution in [2.75, 3.05) is 37.7 Å². The number of thioether (sulfide) groups is 1. The van der Waals surface area contributed by atoms with Gasteiger partial charge in [-0.2, -0.15) is 11.8 Å². The number of rotatable bonds is 8. The largest absolute Gasteiger partial charge is 0.357 e. The fourth-order valence-corrected chi connectivity index (χ4v) is 5.17. The van der Waals surface area contributed by atoms with Crippen molar-refractivity contribution in [3.8, 4) is 0 Å². The lowest BCUT2D eigenvalue weighted by Gasteiger charge is -2.34. The highest BCUT2D eigenvalue weighted by atomic mass is 32.2. The molecule has 0 aromatic carbocycles. The number of aryl methyl sites for hydroxylation is 2. The second-order valence-corrected chi connectivity index (χ2v) is 9.49. The van der Waals surface area contributed by atoms with E-state index in [9.17, 15) is 4.79 Å². The average molecular weight is 435 g/mol. The monoisotopic (exact) mass is 434 g/mol. The molecule has 8 heteroatoms. The molecule has 168 valence electrons. The number of amides is 1. The number of hydrogen-bond donors (Lipinski definition) is 2. The maximum absolute atomic E-state index is 12.7. The predicted molar refractivity (Wildman–Crippen MR) is 125 cm³/mol. The third kappa shape index (κ3) is 6.93. The summed E-state index contributed by atoms with van der Waals surface area (Å²) in [7, 11) is 0. The third-order valence-corrected chi connectivity index (χ3v) is 7.03. The van der Waals surface area contributed by atoms with Crippen LogP contribution in [0.4, 0.5) is 0 Å². The number of carbonyl (C=O) groups excluding carboxylic acids is 1. The van der Waals surface area contributed by atoms with E-state index < -0.39 is 0 Å². The van der Waals surface area contributed by atoms with Crippen molar-refractivity contribution in [2.24, 2.45) is 10.9 Å². The average Bonchev–Trinajstić information content (AvgIpc) is 3.19. The zero-order chi connectivity index (χ0) is 21.2. The minimum absolute atomic E-state index is 0.220. The number of hydrogen-bond acceptors (Lipinski definition) is 4. The molecule has 7 nitrogen and oxygen atoms in total. The molecule has 0 unspecified atom stereocenters. The fourth-order valence-electron chi connectivity index (χ4n) is 4.26. The van der Waals surface area contributed by atoms with Crippen LogP contribution in [0.5, 0.6) is 0 Å².